The normalized spacial score (nSPS) is 10.6. The van der Waals surface area contributed by atoms with E-state index in [-0.39, 0.29) is 0 Å². The Balaban J connectivity index is 2.19. The number of thiophene rings is 1. The fraction of sp³-hybridized carbons (Fsp3) is 0.333. The molecule has 0 fully saturated rings. The lowest BCUT2D eigenvalue weighted by Crippen LogP contribution is -2.03. The van der Waals surface area contributed by atoms with Crippen LogP contribution in [0.2, 0.25) is 0 Å². The maximum Gasteiger partial charge on any atom is 0.147 e. The van der Waals surface area contributed by atoms with Gasteiger partial charge in [-0.05, 0) is 17.9 Å². The number of rotatable bonds is 4. The smallest absolute Gasteiger partial charge is 0.147 e. The Bertz CT molecular complexity index is 415. The van der Waals surface area contributed by atoms with Crippen molar-refractivity contribution in [2.45, 2.75) is 6.42 Å². The molecular formula is C9H10ClN3S. The van der Waals surface area contributed by atoms with Gasteiger partial charge in [-0.25, -0.2) is 9.97 Å². The van der Waals surface area contributed by atoms with Gasteiger partial charge in [-0.1, -0.05) is 0 Å². The van der Waals surface area contributed by atoms with Crippen LogP contribution in [0, 0.1) is 0 Å². The standard InChI is InChI=1S/C9H10ClN3S/c10-3-1-4-11-9-8-7(2-5-14-8)12-6-13-9/h2,5-6H,1,3-4H2,(H,11,12,13). The highest BCUT2D eigenvalue weighted by molar-refractivity contribution is 7.17. The zero-order valence-corrected chi connectivity index (χ0v) is 9.11. The number of anilines is 1. The van der Waals surface area contributed by atoms with Crippen molar-refractivity contribution in [2.24, 2.45) is 0 Å². The van der Waals surface area contributed by atoms with E-state index in [0.717, 1.165) is 29.0 Å². The minimum atomic E-state index is 0.672. The molecule has 0 aliphatic heterocycles. The molecule has 2 aromatic heterocycles. The molecule has 0 bridgehead atoms. The van der Waals surface area contributed by atoms with Crippen molar-refractivity contribution >= 4 is 39.0 Å². The van der Waals surface area contributed by atoms with E-state index < -0.39 is 0 Å². The van der Waals surface area contributed by atoms with Crippen LogP contribution in [0.5, 0.6) is 0 Å². The van der Waals surface area contributed by atoms with E-state index >= 15 is 0 Å². The van der Waals surface area contributed by atoms with E-state index in [4.69, 9.17) is 11.6 Å². The lowest BCUT2D eigenvalue weighted by atomic mass is 10.4. The average molecular weight is 228 g/mol. The van der Waals surface area contributed by atoms with Crippen molar-refractivity contribution in [1.82, 2.24) is 9.97 Å². The minimum absolute atomic E-state index is 0.672. The quantitative estimate of drug-likeness (QED) is 0.645. The molecule has 2 rings (SSSR count). The number of fused-ring (bicyclic) bond motifs is 1. The highest BCUT2D eigenvalue weighted by Crippen LogP contribution is 2.24. The summed E-state index contributed by atoms with van der Waals surface area (Å²) in [6, 6.07) is 1.99. The van der Waals surface area contributed by atoms with Gasteiger partial charge in [0.1, 0.15) is 12.1 Å². The molecule has 1 N–H and O–H groups in total. The number of hydrogen-bond acceptors (Lipinski definition) is 4. The van der Waals surface area contributed by atoms with Crippen LogP contribution in [-0.4, -0.2) is 22.4 Å². The van der Waals surface area contributed by atoms with E-state index in [2.05, 4.69) is 15.3 Å². The molecule has 0 saturated heterocycles. The zero-order chi connectivity index (χ0) is 9.80. The van der Waals surface area contributed by atoms with Gasteiger partial charge in [0.15, 0.2) is 0 Å². The van der Waals surface area contributed by atoms with E-state index in [1.54, 1.807) is 17.7 Å². The minimum Gasteiger partial charge on any atom is -0.369 e. The molecule has 14 heavy (non-hydrogen) atoms. The van der Waals surface area contributed by atoms with Crippen LogP contribution in [0.4, 0.5) is 5.82 Å². The molecule has 0 atom stereocenters. The van der Waals surface area contributed by atoms with Crippen LogP contribution in [0.25, 0.3) is 10.2 Å². The monoisotopic (exact) mass is 227 g/mol. The topological polar surface area (TPSA) is 37.8 Å². The Morgan fingerprint density at radius 3 is 3.21 bits per heavy atom. The summed E-state index contributed by atoms with van der Waals surface area (Å²) in [5.74, 6) is 1.58. The Hall–Kier alpha value is -0.870. The summed E-state index contributed by atoms with van der Waals surface area (Å²) >= 11 is 7.25. The van der Waals surface area contributed by atoms with Crippen molar-refractivity contribution in [3.05, 3.63) is 17.8 Å². The van der Waals surface area contributed by atoms with Crippen molar-refractivity contribution in [3.8, 4) is 0 Å². The molecule has 3 nitrogen and oxygen atoms in total. The summed E-state index contributed by atoms with van der Waals surface area (Å²) in [5.41, 5.74) is 0.998. The summed E-state index contributed by atoms with van der Waals surface area (Å²) in [4.78, 5) is 8.36. The fourth-order valence-corrected chi connectivity index (χ4v) is 2.13. The molecule has 0 unspecified atom stereocenters. The van der Waals surface area contributed by atoms with Crippen LogP contribution in [0.3, 0.4) is 0 Å². The molecule has 74 valence electrons. The number of aromatic nitrogens is 2. The number of alkyl halides is 1. The van der Waals surface area contributed by atoms with Gasteiger partial charge in [0.05, 0.1) is 10.2 Å². The van der Waals surface area contributed by atoms with Crippen molar-refractivity contribution in [3.63, 3.8) is 0 Å². The first-order valence-corrected chi connectivity index (χ1v) is 5.81. The molecule has 0 aliphatic carbocycles. The van der Waals surface area contributed by atoms with E-state index in [0.29, 0.717) is 5.88 Å². The second kappa shape index (κ2) is 4.57. The first kappa shape index (κ1) is 9.68. The van der Waals surface area contributed by atoms with Crippen LogP contribution < -0.4 is 5.32 Å². The summed E-state index contributed by atoms with van der Waals surface area (Å²) in [6.07, 6.45) is 2.52. The first-order chi connectivity index (χ1) is 6.92. The van der Waals surface area contributed by atoms with Crippen LogP contribution in [0.1, 0.15) is 6.42 Å². The predicted molar refractivity (Wildman–Crippen MR) is 61.2 cm³/mol. The van der Waals surface area contributed by atoms with Gasteiger partial charge in [0, 0.05) is 12.4 Å². The summed E-state index contributed by atoms with van der Waals surface area (Å²) in [6.45, 7) is 0.855. The van der Waals surface area contributed by atoms with E-state index in [9.17, 15) is 0 Å². The molecule has 0 aliphatic rings. The average Bonchev–Trinajstić information content (AvgIpc) is 2.67. The third-order valence-corrected chi connectivity index (χ3v) is 3.02. The second-order valence-corrected chi connectivity index (χ2v) is 4.12. The lowest BCUT2D eigenvalue weighted by Gasteiger charge is -2.03. The Morgan fingerprint density at radius 2 is 2.36 bits per heavy atom. The van der Waals surface area contributed by atoms with Crippen LogP contribution in [-0.2, 0) is 0 Å². The first-order valence-electron chi connectivity index (χ1n) is 4.40. The Morgan fingerprint density at radius 1 is 1.43 bits per heavy atom. The van der Waals surface area contributed by atoms with Gasteiger partial charge < -0.3 is 5.32 Å². The summed E-state index contributed by atoms with van der Waals surface area (Å²) in [5, 5.41) is 5.27. The van der Waals surface area contributed by atoms with Gasteiger partial charge in [-0.3, -0.25) is 0 Å². The SMILES string of the molecule is ClCCCNc1ncnc2ccsc12. The fourth-order valence-electron chi connectivity index (χ4n) is 1.19. The highest BCUT2D eigenvalue weighted by Gasteiger charge is 2.02. The molecule has 0 radical (unpaired) electrons. The maximum atomic E-state index is 5.59. The van der Waals surface area contributed by atoms with E-state index in [1.807, 2.05) is 11.4 Å². The lowest BCUT2D eigenvalue weighted by molar-refractivity contribution is 0.977. The second-order valence-electron chi connectivity index (χ2n) is 2.83. The van der Waals surface area contributed by atoms with Gasteiger partial charge >= 0.3 is 0 Å². The molecule has 2 aromatic rings. The van der Waals surface area contributed by atoms with Crippen LogP contribution >= 0.6 is 22.9 Å². The molecule has 2 heterocycles. The van der Waals surface area contributed by atoms with Gasteiger partial charge in [-0.15, -0.1) is 22.9 Å². The molecule has 5 heteroatoms. The summed E-state index contributed by atoms with van der Waals surface area (Å²) in [7, 11) is 0. The third kappa shape index (κ3) is 1.96. The maximum absolute atomic E-state index is 5.59. The number of hydrogen-bond donors (Lipinski definition) is 1. The van der Waals surface area contributed by atoms with Crippen LogP contribution in [0.15, 0.2) is 17.8 Å². The number of nitrogens with zero attached hydrogens (tertiary/aromatic N) is 2. The summed E-state index contributed by atoms with van der Waals surface area (Å²) < 4.78 is 1.11. The van der Waals surface area contributed by atoms with Crippen molar-refractivity contribution in [1.29, 1.82) is 0 Å². The predicted octanol–water partition coefficient (Wildman–Crippen LogP) is 2.73. The molecule has 0 amide bonds. The highest BCUT2D eigenvalue weighted by atomic mass is 35.5. The Labute approximate surface area is 91.1 Å². The molecule has 0 spiro atoms. The van der Waals surface area contributed by atoms with Gasteiger partial charge in [0.2, 0.25) is 0 Å². The molecule has 0 aromatic carbocycles. The number of nitrogens with one attached hydrogen (secondary N) is 1. The number of halogens is 1. The molecular weight excluding hydrogens is 218 g/mol. The largest absolute Gasteiger partial charge is 0.369 e. The van der Waals surface area contributed by atoms with Gasteiger partial charge in [-0.2, -0.15) is 0 Å². The molecule has 0 saturated carbocycles. The zero-order valence-electron chi connectivity index (χ0n) is 7.53. The van der Waals surface area contributed by atoms with E-state index in [1.165, 1.54) is 0 Å². The van der Waals surface area contributed by atoms with Crippen molar-refractivity contribution < 1.29 is 0 Å². The van der Waals surface area contributed by atoms with Gasteiger partial charge in [0.25, 0.3) is 0 Å². The third-order valence-electron chi connectivity index (χ3n) is 1.85. The van der Waals surface area contributed by atoms with Crippen molar-refractivity contribution in [2.75, 3.05) is 17.7 Å². The Kier molecular flexibility index (Phi) is 3.16.